The molecule has 0 spiro atoms. The van der Waals surface area contributed by atoms with E-state index in [4.69, 9.17) is 0 Å². The van der Waals surface area contributed by atoms with Gasteiger partial charge in [-0.1, -0.05) is 12.1 Å². The van der Waals surface area contributed by atoms with Crippen molar-refractivity contribution in [2.24, 2.45) is 5.10 Å². The number of benzene rings is 1. The predicted octanol–water partition coefficient (Wildman–Crippen LogP) is 0.428. The number of H-pyrrole nitrogens is 2. The molecule has 0 saturated heterocycles. The SMILES string of the molecule is C[C@H](Nc1n[nH]c(=O)[nH]c1=O)C(=O)N/N=C\c1ccc(C(F)(F)F)cc1. The van der Waals surface area contributed by atoms with E-state index in [9.17, 15) is 27.6 Å². The van der Waals surface area contributed by atoms with Gasteiger partial charge in [0.15, 0.2) is 0 Å². The van der Waals surface area contributed by atoms with E-state index in [-0.39, 0.29) is 5.82 Å². The Morgan fingerprint density at radius 1 is 1.27 bits per heavy atom. The Morgan fingerprint density at radius 2 is 1.92 bits per heavy atom. The monoisotopic (exact) mass is 370 g/mol. The minimum atomic E-state index is -4.43. The maximum atomic E-state index is 12.4. The lowest BCUT2D eigenvalue weighted by atomic mass is 10.1. The molecule has 2 rings (SSSR count). The van der Waals surface area contributed by atoms with Gasteiger partial charge in [0.2, 0.25) is 5.82 Å². The molecule has 0 bridgehead atoms. The molecule has 0 fully saturated rings. The second-order valence-electron chi connectivity index (χ2n) is 5.08. The summed E-state index contributed by atoms with van der Waals surface area (Å²) >= 11 is 0. The number of aromatic nitrogens is 3. The van der Waals surface area contributed by atoms with E-state index in [1.165, 1.54) is 19.1 Å². The number of amides is 1. The number of anilines is 1. The molecule has 0 unspecified atom stereocenters. The number of carbonyl (C=O) groups excluding carboxylic acids is 1. The number of aromatic amines is 2. The summed E-state index contributed by atoms with van der Waals surface area (Å²) in [5.74, 6) is -0.903. The van der Waals surface area contributed by atoms with E-state index < -0.39 is 34.9 Å². The summed E-state index contributed by atoms with van der Waals surface area (Å²) in [5, 5.41) is 11.5. The summed E-state index contributed by atoms with van der Waals surface area (Å²) in [5.41, 5.74) is 0.113. The summed E-state index contributed by atoms with van der Waals surface area (Å²) < 4.78 is 37.3. The number of carbonyl (C=O) groups is 1. The Labute approximate surface area is 143 Å². The predicted molar refractivity (Wildman–Crippen MR) is 85.7 cm³/mol. The standard InChI is InChI=1S/C14H13F3N6O3/c1-7(19-10-12(25)20-13(26)23-21-10)11(24)22-18-6-8-2-4-9(5-3-8)14(15,16)17/h2-7H,1H3,(H,19,21)(H,22,24)(H2,20,23,25,26)/b18-6-/t7-/m0/s1. The van der Waals surface area contributed by atoms with Gasteiger partial charge in [-0.2, -0.15) is 18.3 Å². The molecule has 1 amide bonds. The van der Waals surface area contributed by atoms with Gasteiger partial charge in [-0.15, -0.1) is 5.10 Å². The first-order valence-corrected chi connectivity index (χ1v) is 7.12. The van der Waals surface area contributed by atoms with Crippen molar-refractivity contribution < 1.29 is 18.0 Å². The van der Waals surface area contributed by atoms with E-state index >= 15 is 0 Å². The number of nitrogens with zero attached hydrogens (tertiary/aromatic N) is 2. The lowest BCUT2D eigenvalue weighted by Gasteiger charge is -2.11. The minimum absolute atomic E-state index is 0.265. The van der Waals surface area contributed by atoms with Gasteiger partial charge < -0.3 is 5.32 Å². The van der Waals surface area contributed by atoms with Crippen LogP contribution in [0.1, 0.15) is 18.1 Å². The van der Waals surface area contributed by atoms with Crippen LogP contribution in [0.2, 0.25) is 0 Å². The molecule has 1 aromatic heterocycles. The third kappa shape index (κ3) is 5.03. The Bertz CT molecular complexity index is 917. The molecule has 1 aromatic carbocycles. The molecule has 138 valence electrons. The van der Waals surface area contributed by atoms with Crippen LogP contribution in [0, 0.1) is 0 Å². The van der Waals surface area contributed by atoms with E-state index in [0.29, 0.717) is 5.56 Å². The van der Waals surface area contributed by atoms with Crippen LogP contribution in [0.25, 0.3) is 0 Å². The summed E-state index contributed by atoms with van der Waals surface area (Å²) in [6.45, 7) is 1.41. The minimum Gasteiger partial charge on any atom is -0.353 e. The van der Waals surface area contributed by atoms with Crippen LogP contribution in [0.5, 0.6) is 0 Å². The largest absolute Gasteiger partial charge is 0.416 e. The molecule has 0 radical (unpaired) electrons. The van der Waals surface area contributed by atoms with Gasteiger partial charge in [0.05, 0.1) is 11.8 Å². The van der Waals surface area contributed by atoms with Crippen LogP contribution in [0.15, 0.2) is 39.0 Å². The second kappa shape index (κ2) is 7.63. The summed E-state index contributed by atoms with van der Waals surface area (Å²) in [6, 6.07) is 3.25. The van der Waals surface area contributed by atoms with Gasteiger partial charge >= 0.3 is 11.9 Å². The zero-order valence-corrected chi connectivity index (χ0v) is 13.2. The van der Waals surface area contributed by atoms with E-state index in [1.807, 2.05) is 10.1 Å². The lowest BCUT2D eigenvalue weighted by Crippen LogP contribution is -2.38. The van der Waals surface area contributed by atoms with Crippen molar-refractivity contribution in [1.29, 1.82) is 0 Å². The molecule has 9 nitrogen and oxygen atoms in total. The first kappa shape index (κ1) is 18.9. The number of hydrogen-bond donors (Lipinski definition) is 4. The highest BCUT2D eigenvalue weighted by molar-refractivity contribution is 5.86. The Balaban J connectivity index is 1.93. The van der Waals surface area contributed by atoms with Gasteiger partial charge in [0.25, 0.3) is 11.5 Å². The van der Waals surface area contributed by atoms with Crippen molar-refractivity contribution in [2.45, 2.75) is 19.1 Å². The Hall–Kier alpha value is -3.44. The topological polar surface area (TPSA) is 132 Å². The Morgan fingerprint density at radius 3 is 2.50 bits per heavy atom. The first-order valence-electron chi connectivity index (χ1n) is 7.12. The molecule has 12 heteroatoms. The first-order chi connectivity index (χ1) is 12.2. The van der Waals surface area contributed by atoms with Crippen LogP contribution < -0.4 is 22.0 Å². The van der Waals surface area contributed by atoms with Gasteiger partial charge in [-0.25, -0.2) is 15.3 Å². The number of rotatable bonds is 5. The fraction of sp³-hybridized carbons (Fsp3) is 0.214. The molecule has 1 atom stereocenters. The molecule has 1 heterocycles. The number of hydrogen-bond acceptors (Lipinski definition) is 6. The van der Waals surface area contributed by atoms with Gasteiger partial charge in [-0.3, -0.25) is 14.6 Å². The van der Waals surface area contributed by atoms with E-state index in [0.717, 1.165) is 18.3 Å². The van der Waals surface area contributed by atoms with Gasteiger partial charge in [0, 0.05) is 0 Å². The maximum Gasteiger partial charge on any atom is 0.416 e. The van der Waals surface area contributed by atoms with E-state index in [1.54, 1.807) is 0 Å². The van der Waals surface area contributed by atoms with Crippen molar-refractivity contribution >= 4 is 17.9 Å². The number of hydrazone groups is 1. The maximum absolute atomic E-state index is 12.4. The van der Waals surface area contributed by atoms with Crippen LogP contribution in [-0.4, -0.2) is 33.3 Å². The molecule has 0 aliphatic rings. The van der Waals surface area contributed by atoms with Gasteiger partial charge in [-0.05, 0) is 24.6 Å². The summed E-state index contributed by atoms with van der Waals surface area (Å²) in [7, 11) is 0. The average Bonchev–Trinajstić information content (AvgIpc) is 2.57. The molecule has 0 aliphatic carbocycles. The van der Waals surface area contributed by atoms with Crippen molar-refractivity contribution in [3.05, 3.63) is 56.2 Å². The van der Waals surface area contributed by atoms with Gasteiger partial charge in [0.1, 0.15) is 6.04 Å². The van der Waals surface area contributed by atoms with Crippen molar-refractivity contribution in [3.8, 4) is 0 Å². The fourth-order valence-electron chi connectivity index (χ4n) is 1.74. The molecular formula is C14H13F3N6O3. The Kier molecular flexibility index (Phi) is 5.54. The smallest absolute Gasteiger partial charge is 0.353 e. The normalized spacial score (nSPS) is 12.8. The average molecular weight is 370 g/mol. The van der Waals surface area contributed by atoms with Crippen LogP contribution in [-0.2, 0) is 11.0 Å². The summed E-state index contributed by atoms with van der Waals surface area (Å²) in [6.07, 6.45) is -3.27. The zero-order valence-electron chi connectivity index (χ0n) is 13.2. The molecular weight excluding hydrogens is 357 g/mol. The number of nitrogens with one attached hydrogen (secondary N) is 4. The molecule has 26 heavy (non-hydrogen) atoms. The van der Waals surface area contributed by atoms with Crippen molar-refractivity contribution in [2.75, 3.05) is 5.32 Å². The zero-order chi connectivity index (χ0) is 19.3. The van der Waals surface area contributed by atoms with Crippen molar-refractivity contribution in [1.82, 2.24) is 20.6 Å². The highest BCUT2D eigenvalue weighted by Crippen LogP contribution is 2.28. The molecule has 4 N–H and O–H groups in total. The summed E-state index contributed by atoms with van der Waals surface area (Å²) in [4.78, 5) is 36.1. The quantitative estimate of drug-likeness (QED) is 0.448. The lowest BCUT2D eigenvalue weighted by molar-refractivity contribution is -0.137. The molecule has 0 aliphatic heterocycles. The van der Waals surface area contributed by atoms with Crippen LogP contribution in [0.4, 0.5) is 19.0 Å². The highest BCUT2D eigenvalue weighted by atomic mass is 19.4. The number of alkyl halides is 3. The molecule has 0 saturated carbocycles. The highest BCUT2D eigenvalue weighted by Gasteiger charge is 2.29. The van der Waals surface area contributed by atoms with Crippen molar-refractivity contribution in [3.63, 3.8) is 0 Å². The number of halogens is 3. The van der Waals surface area contributed by atoms with Crippen LogP contribution >= 0.6 is 0 Å². The second-order valence-corrected chi connectivity index (χ2v) is 5.08. The third-order valence-electron chi connectivity index (χ3n) is 3.08. The fourth-order valence-corrected chi connectivity index (χ4v) is 1.74. The van der Waals surface area contributed by atoms with Crippen LogP contribution in [0.3, 0.4) is 0 Å². The third-order valence-corrected chi connectivity index (χ3v) is 3.08. The van der Waals surface area contributed by atoms with E-state index in [2.05, 4.69) is 20.9 Å². The molecule has 2 aromatic rings.